The number of hydrogen-bond donors (Lipinski definition) is 1. The van der Waals surface area contributed by atoms with Gasteiger partial charge >= 0.3 is 0 Å². The Balaban J connectivity index is 1.50. The molecule has 0 spiro atoms. The number of rotatable bonds is 4. The Kier molecular flexibility index (Phi) is 3.93. The second-order valence-corrected chi connectivity index (χ2v) is 5.78. The first-order valence-electron chi connectivity index (χ1n) is 7.95. The molecule has 0 heterocycles. The van der Waals surface area contributed by atoms with E-state index in [2.05, 4.69) is 10.5 Å². The Morgan fingerprint density at radius 1 is 1.04 bits per heavy atom. The van der Waals surface area contributed by atoms with Gasteiger partial charge in [0, 0.05) is 22.6 Å². The van der Waals surface area contributed by atoms with Crippen molar-refractivity contribution in [2.75, 3.05) is 6.61 Å². The number of amides is 1. The summed E-state index contributed by atoms with van der Waals surface area (Å²) >= 11 is 0. The first kappa shape index (κ1) is 16.0. The van der Waals surface area contributed by atoms with Gasteiger partial charge in [0.15, 0.2) is 6.61 Å². The molecule has 3 aromatic carbocycles. The van der Waals surface area contributed by atoms with Crippen molar-refractivity contribution < 1.29 is 18.7 Å². The van der Waals surface area contributed by atoms with Gasteiger partial charge in [-0.05, 0) is 17.5 Å². The minimum atomic E-state index is -0.544. The van der Waals surface area contributed by atoms with Crippen LogP contribution in [0.1, 0.15) is 15.9 Å². The van der Waals surface area contributed by atoms with Gasteiger partial charge in [-0.3, -0.25) is 9.59 Å². The third kappa shape index (κ3) is 2.82. The Bertz CT molecular complexity index is 1070. The van der Waals surface area contributed by atoms with E-state index in [1.54, 1.807) is 18.2 Å². The van der Waals surface area contributed by atoms with Crippen molar-refractivity contribution in [1.82, 2.24) is 5.43 Å². The van der Waals surface area contributed by atoms with Gasteiger partial charge in [0.25, 0.3) is 5.91 Å². The van der Waals surface area contributed by atoms with E-state index in [0.717, 1.165) is 10.8 Å². The van der Waals surface area contributed by atoms with Crippen molar-refractivity contribution in [3.63, 3.8) is 0 Å². The summed E-state index contributed by atoms with van der Waals surface area (Å²) in [5, 5.41) is 5.77. The largest absolute Gasteiger partial charge is 0.484 e. The number of Topliss-reactive ketones (excluding diaryl/α,β-unsaturated/α-hetero) is 1. The molecule has 0 bridgehead atoms. The standard InChI is InChI=1S/C20H13FN2O3/c21-13-6-3-7-14(10-13)26-11-17(24)22-23-19-15-8-1-4-12-5-2-9-16(18(12)15)20(19)25/h1-10H,11H2,(H,22,24)/b23-19-. The van der Waals surface area contributed by atoms with Crippen molar-refractivity contribution >= 4 is 28.2 Å². The number of halogens is 1. The van der Waals surface area contributed by atoms with E-state index >= 15 is 0 Å². The van der Waals surface area contributed by atoms with Gasteiger partial charge in [-0.25, -0.2) is 9.82 Å². The van der Waals surface area contributed by atoms with Crippen LogP contribution in [0, 0.1) is 5.82 Å². The second kappa shape index (κ2) is 6.40. The summed E-state index contributed by atoms with van der Waals surface area (Å²) in [5.74, 6) is -0.992. The summed E-state index contributed by atoms with van der Waals surface area (Å²) in [5.41, 5.74) is 3.78. The summed E-state index contributed by atoms with van der Waals surface area (Å²) in [6, 6.07) is 16.5. The fraction of sp³-hybridized carbons (Fsp3) is 0.0500. The average molecular weight is 348 g/mol. The summed E-state index contributed by atoms with van der Waals surface area (Å²) in [4.78, 5) is 24.5. The van der Waals surface area contributed by atoms with E-state index in [0.29, 0.717) is 11.1 Å². The molecule has 128 valence electrons. The Morgan fingerprint density at radius 3 is 2.54 bits per heavy atom. The number of ketones is 1. The van der Waals surface area contributed by atoms with Crippen LogP contribution >= 0.6 is 0 Å². The molecule has 5 nitrogen and oxygen atoms in total. The van der Waals surface area contributed by atoms with E-state index in [4.69, 9.17) is 4.74 Å². The highest BCUT2D eigenvalue weighted by Crippen LogP contribution is 2.30. The van der Waals surface area contributed by atoms with Crippen molar-refractivity contribution in [2.45, 2.75) is 0 Å². The number of benzene rings is 3. The molecule has 3 aromatic rings. The lowest BCUT2D eigenvalue weighted by Crippen LogP contribution is -2.27. The fourth-order valence-electron chi connectivity index (χ4n) is 2.94. The molecule has 0 aromatic heterocycles. The topological polar surface area (TPSA) is 67.8 Å². The van der Waals surface area contributed by atoms with Gasteiger partial charge in [-0.1, -0.05) is 42.5 Å². The van der Waals surface area contributed by atoms with Crippen molar-refractivity contribution in [3.05, 3.63) is 77.6 Å². The molecule has 0 radical (unpaired) electrons. The van der Waals surface area contributed by atoms with Crippen LogP contribution in [0.25, 0.3) is 10.8 Å². The van der Waals surface area contributed by atoms with Crippen LogP contribution in [0.15, 0.2) is 65.8 Å². The molecule has 1 aliphatic carbocycles. The van der Waals surface area contributed by atoms with E-state index in [9.17, 15) is 14.0 Å². The van der Waals surface area contributed by atoms with Crippen LogP contribution in [0.4, 0.5) is 4.39 Å². The zero-order chi connectivity index (χ0) is 18.1. The zero-order valence-corrected chi connectivity index (χ0v) is 13.5. The van der Waals surface area contributed by atoms with E-state index < -0.39 is 11.7 Å². The van der Waals surface area contributed by atoms with Crippen molar-refractivity contribution in [3.8, 4) is 5.75 Å². The maximum Gasteiger partial charge on any atom is 0.277 e. The predicted molar refractivity (Wildman–Crippen MR) is 94.9 cm³/mol. The van der Waals surface area contributed by atoms with Crippen LogP contribution in [-0.4, -0.2) is 24.0 Å². The van der Waals surface area contributed by atoms with Crippen LogP contribution in [0.5, 0.6) is 5.75 Å². The van der Waals surface area contributed by atoms with Crippen LogP contribution in [0.3, 0.4) is 0 Å². The molecule has 0 saturated heterocycles. The number of hydrazone groups is 1. The SMILES string of the molecule is O=C(COc1cccc(F)c1)N/N=C1\C(=O)c2cccc3cccc1c23. The highest BCUT2D eigenvalue weighted by Gasteiger charge is 2.28. The van der Waals surface area contributed by atoms with Gasteiger partial charge in [0.1, 0.15) is 17.3 Å². The number of hydrogen-bond acceptors (Lipinski definition) is 4. The van der Waals surface area contributed by atoms with E-state index in [1.807, 2.05) is 24.3 Å². The Labute approximate surface area is 148 Å². The summed E-state index contributed by atoms with van der Waals surface area (Å²) in [7, 11) is 0. The lowest BCUT2D eigenvalue weighted by molar-refractivity contribution is -0.123. The molecule has 26 heavy (non-hydrogen) atoms. The molecular weight excluding hydrogens is 335 g/mol. The quantitative estimate of drug-likeness (QED) is 0.737. The Hall–Kier alpha value is -3.54. The number of nitrogens with zero attached hydrogens (tertiary/aromatic N) is 1. The van der Waals surface area contributed by atoms with E-state index in [-0.39, 0.29) is 23.9 Å². The molecule has 0 saturated carbocycles. The molecule has 1 aliphatic rings. The predicted octanol–water partition coefficient (Wildman–Crippen LogP) is 3.07. The smallest absolute Gasteiger partial charge is 0.277 e. The fourth-order valence-corrected chi connectivity index (χ4v) is 2.94. The lowest BCUT2D eigenvalue weighted by atomic mass is 10.1. The lowest BCUT2D eigenvalue weighted by Gasteiger charge is -2.05. The van der Waals surface area contributed by atoms with Crippen LogP contribution in [0.2, 0.25) is 0 Å². The van der Waals surface area contributed by atoms with Gasteiger partial charge in [-0.2, -0.15) is 5.10 Å². The third-order valence-corrected chi connectivity index (χ3v) is 4.08. The van der Waals surface area contributed by atoms with E-state index in [1.165, 1.54) is 18.2 Å². The molecule has 1 amide bonds. The minimum Gasteiger partial charge on any atom is -0.484 e. The molecule has 1 N–H and O–H groups in total. The van der Waals surface area contributed by atoms with Gasteiger partial charge in [0.2, 0.25) is 5.78 Å². The Morgan fingerprint density at radius 2 is 1.77 bits per heavy atom. The first-order chi connectivity index (χ1) is 12.6. The number of ether oxygens (including phenoxy) is 1. The zero-order valence-electron chi connectivity index (χ0n) is 13.5. The number of nitrogens with one attached hydrogen (secondary N) is 1. The van der Waals surface area contributed by atoms with Crippen molar-refractivity contribution in [1.29, 1.82) is 0 Å². The maximum atomic E-state index is 13.1. The van der Waals surface area contributed by atoms with Gasteiger partial charge in [-0.15, -0.1) is 0 Å². The molecular formula is C20H13FN2O3. The van der Waals surface area contributed by atoms with Crippen molar-refractivity contribution in [2.24, 2.45) is 5.10 Å². The first-order valence-corrected chi connectivity index (χ1v) is 7.95. The molecule has 0 atom stereocenters. The molecule has 0 unspecified atom stereocenters. The molecule has 0 fully saturated rings. The summed E-state index contributed by atoms with van der Waals surface area (Å²) < 4.78 is 18.3. The van der Waals surface area contributed by atoms with Crippen LogP contribution < -0.4 is 10.2 Å². The van der Waals surface area contributed by atoms with Gasteiger partial charge in [0.05, 0.1) is 0 Å². The molecule has 4 rings (SSSR count). The minimum absolute atomic E-state index is 0.191. The average Bonchev–Trinajstić information content (AvgIpc) is 2.92. The summed E-state index contributed by atoms with van der Waals surface area (Å²) in [6.45, 7) is -0.342. The molecule has 0 aliphatic heterocycles. The monoisotopic (exact) mass is 348 g/mol. The highest BCUT2D eigenvalue weighted by molar-refractivity contribution is 6.59. The second-order valence-electron chi connectivity index (χ2n) is 5.78. The molecule has 6 heteroatoms. The normalized spacial score (nSPS) is 14.0. The number of carbonyl (C=O) groups excluding carboxylic acids is 2. The third-order valence-electron chi connectivity index (χ3n) is 4.08. The van der Waals surface area contributed by atoms with Gasteiger partial charge < -0.3 is 4.74 Å². The highest BCUT2D eigenvalue weighted by atomic mass is 19.1. The number of carbonyl (C=O) groups is 2. The van der Waals surface area contributed by atoms with Crippen LogP contribution in [-0.2, 0) is 4.79 Å². The maximum absolute atomic E-state index is 13.1. The summed E-state index contributed by atoms with van der Waals surface area (Å²) in [6.07, 6.45) is 0.